The van der Waals surface area contributed by atoms with E-state index in [1.54, 1.807) is 0 Å². The van der Waals surface area contributed by atoms with Crippen LogP contribution in [0.5, 0.6) is 11.5 Å². The van der Waals surface area contributed by atoms with Crippen molar-refractivity contribution in [2.45, 2.75) is 25.3 Å². The second kappa shape index (κ2) is 10.6. The summed E-state index contributed by atoms with van der Waals surface area (Å²) >= 11 is 0. The molecule has 0 radical (unpaired) electrons. The fraction of sp³-hybridized carbons (Fsp3) is 0.429. The maximum atomic E-state index is 10.2. The Morgan fingerprint density at radius 1 is 1.43 bits per heavy atom. The third-order valence-electron chi connectivity index (χ3n) is 2.63. The predicted octanol–water partition coefficient (Wildman–Crippen LogP) is 0.741. The Morgan fingerprint density at radius 2 is 2.10 bits per heavy atom. The van der Waals surface area contributed by atoms with Gasteiger partial charge in [-0.25, -0.2) is 0 Å². The van der Waals surface area contributed by atoms with Gasteiger partial charge >= 0.3 is 5.97 Å². The van der Waals surface area contributed by atoms with E-state index in [0.29, 0.717) is 30.6 Å². The van der Waals surface area contributed by atoms with Gasteiger partial charge in [0, 0.05) is 5.56 Å². The van der Waals surface area contributed by atoms with Gasteiger partial charge in [-0.15, -0.1) is 0 Å². The lowest BCUT2D eigenvalue weighted by molar-refractivity contribution is -0.138. The Bertz CT molecular complexity index is 451. The molecular weight excluding hydrogens is 276 g/mol. The molecule has 0 spiro atoms. The molecule has 0 aliphatic rings. The van der Waals surface area contributed by atoms with Crippen molar-refractivity contribution in [3.63, 3.8) is 0 Å². The van der Waals surface area contributed by atoms with Crippen molar-refractivity contribution >= 4 is 12.3 Å². The normalized spacial score (nSPS) is 11.0. The number of methoxy groups -OCH3 is 1. The van der Waals surface area contributed by atoms with Crippen LogP contribution in [0.15, 0.2) is 18.2 Å². The number of aromatic hydroxyl groups is 1. The molecule has 0 aliphatic heterocycles. The third kappa shape index (κ3) is 7.91. The number of nitrogens with two attached hydrogens (primary N) is 2. The summed E-state index contributed by atoms with van der Waals surface area (Å²) in [4.78, 5) is 20.4. The van der Waals surface area contributed by atoms with E-state index in [1.165, 1.54) is 25.3 Å². The zero-order valence-corrected chi connectivity index (χ0v) is 12.0. The van der Waals surface area contributed by atoms with Crippen molar-refractivity contribution in [1.29, 1.82) is 0 Å². The minimum absolute atomic E-state index is 0.0399. The van der Waals surface area contributed by atoms with Crippen LogP contribution in [0.4, 0.5) is 0 Å². The first-order chi connectivity index (χ1) is 9.96. The van der Waals surface area contributed by atoms with Gasteiger partial charge in [-0.1, -0.05) is 6.42 Å². The van der Waals surface area contributed by atoms with Crippen LogP contribution >= 0.6 is 0 Å². The molecule has 0 saturated heterocycles. The van der Waals surface area contributed by atoms with Gasteiger partial charge in [0.05, 0.1) is 7.11 Å². The summed E-state index contributed by atoms with van der Waals surface area (Å²) in [6.45, 7) is 0.604. The van der Waals surface area contributed by atoms with Crippen LogP contribution in [0, 0.1) is 0 Å². The van der Waals surface area contributed by atoms with Crippen molar-refractivity contribution in [1.82, 2.24) is 0 Å². The van der Waals surface area contributed by atoms with E-state index in [2.05, 4.69) is 0 Å². The zero-order valence-electron chi connectivity index (χ0n) is 12.0. The van der Waals surface area contributed by atoms with Gasteiger partial charge in [-0.05, 0) is 37.6 Å². The number of hydrogen-bond donors (Lipinski definition) is 4. The van der Waals surface area contributed by atoms with Gasteiger partial charge in [0.1, 0.15) is 12.3 Å². The molecule has 0 fully saturated rings. The molecule has 0 bridgehead atoms. The average Bonchev–Trinajstić information content (AvgIpc) is 2.48. The number of benzene rings is 1. The molecule has 1 atom stereocenters. The summed E-state index contributed by atoms with van der Waals surface area (Å²) in [5, 5.41) is 17.4. The molecule has 0 aromatic heterocycles. The van der Waals surface area contributed by atoms with Gasteiger partial charge in [0.2, 0.25) is 0 Å². The summed E-state index contributed by atoms with van der Waals surface area (Å²) in [5.74, 6) is -0.579. The Balaban J connectivity index is 0.000000384. The number of unbranched alkanes of at least 4 members (excludes halogenated alkanes) is 1. The van der Waals surface area contributed by atoms with Crippen molar-refractivity contribution in [2.24, 2.45) is 11.5 Å². The fourth-order valence-corrected chi connectivity index (χ4v) is 1.40. The second-order valence-corrected chi connectivity index (χ2v) is 4.28. The molecule has 6 N–H and O–H groups in total. The number of ether oxygens (including phenoxy) is 1. The molecule has 0 aliphatic carbocycles. The molecule has 1 unspecified atom stereocenters. The predicted molar refractivity (Wildman–Crippen MR) is 78.6 cm³/mol. The van der Waals surface area contributed by atoms with Crippen LogP contribution in [0.3, 0.4) is 0 Å². The van der Waals surface area contributed by atoms with Crippen molar-refractivity contribution in [2.75, 3.05) is 13.7 Å². The smallest absolute Gasteiger partial charge is 0.320 e. The standard InChI is InChI=1S/C8H8O3.C6H14N2O2/c1-11-8-4-6(5-9)2-3-7(8)10;7-4-2-1-3-5(8)6(9)10/h2-5,10H,1H3;5H,1-4,7-8H2,(H,9,10). The molecule has 0 saturated carbocycles. The van der Waals surface area contributed by atoms with Gasteiger partial charge < -0.3 is 26.4 Å². The number of rotatable bonds is 7. The maximum Gasteiger partial charge on any atom is 0.320 e. The molecule has 21 heavy (non-hydrogen) atoms. The van der Waals surface area contributed by atoms with Crippen LogP contribution < -0.4 is 16.2 Å². The van der Waals surface area contributed by atoms with Crippen LogP contribution in [0.2, 0.25) is 0 Å². The van der Waals surface area contributed by atoms with Crippen LogP contribution in [-0.4, -0.2) is 42.2 Å². The number of carboxylic acid groups (broad SMARTS) is 1. The van der Waals surface area contributed by atoms with E-state index in [9.17, 15) is 9.59 Å². The number of carboxylic acids is 1. The number of aliphatic carboxylic acids is 1. The fourth-order valence-electron chi connectivity index (χ4n) is 1.40. The van der Waals surface area contributed by atoms with Gasteiger partial charge in [-0.2, -0.15) is 0 Å². The Hall–Kier alpha value is -2.12. The summed E-state index contributed by atoms with van der Waals surface area (Å²) in [7, 11) is 1.43. The lowest BCUT2D eigenvalue weighted by atomic mass is 10.1. The Labute approximate surface area is 123 Å². The Morgan fingerprint density at radius 3 is 2.57 bits per heavy atom. The molecule has 0 heterocycles. The van der Waals surface area contributed by atoms with Crippen LogP contribution in [0.1, 0.15) is 29.6 Å². The molecule has 7 heteroatoms. The van der Waals surface area contributed by atoms with Crippen LogP contribution in [0.25, 0.3) is 0 Å². The molecule has 1 rings (SSSR count). The van der Waals surface area contributed by atoms with E-state index < -0.39 is 12.0 Å². The quantitative estimate of drug-likeness (QED) is 0.430. The monoisotopic (exact) mass is 298 g/mol. The van der Waals surface area contributed by atoms with E-state index in [-0.39, 0.29) is 5.75 Å². The third-order valence-corrected chi connectivity index (χ3v) is 2.63. The highest BCUT2D eigenvalue weighted by atomic mass is 16.5. The lowest BCUT2D eigenvalue weighted by Crippen LogP contribution is -2.29. The summed E-state index contributed by atoms with van der Waals surface area (Å²) in [5.41, 5.74) is 10.9. The minimum atomic E-state index is -0.933. The minimum Gasteiger partial charge on any atom is -0.504 e. The van der Waals surface area contributed by atoms with Gasteiger partial charge in [-0.3, -0.25) is 9.59 Å². The Kier molecular flexibility index (Phi) is 9.57. The first-order valence-electron chi connectivity index (χ1n) is 6.46. The van der Waals surface area contributed by atoms with E-state index in [1.807, 2.05) is 0 Å². The number of hydrogen-bond acceptors (Lipinski definition) is 6. The number of phenolic OH excluding ortho intramolecular Hbond substituents is 1. The highest BCUT2D eigenvalue weighted by Gasteiger charge is 2.09. The summed E-state index contributed by atoms with van der Waals surface area (Å²) in [6.07, 6.45) is 2.86. The maximum absolute atomic E-state index is 10.2. The molecule has 118 valence electrons. The molecular formula is C14H22N2O5. The van der Waals surface area contributed by atoms with E-state index in [4.69, 9.17) is 26.4 Å². The topological polar surface area (TPSA) is 136 Å². The molecule has 7 nitrogen and oxygen atoms in total. The number of carbonyl (C=O) groups excluding carboxylic acids is 1. The number of aldehydes is 1. The first-order valence-corrected chi connectivity index (χ1v) is 6.46. The average molecular weight is 298 g/mol. The lowest BCUT2D eigenvalue weighted by Gasteiger charge is -2.03. The van der Waals surface area contributed by atoms with E-state index in [0.717, 1.165) is 12.8 Å². The van der Waals surface area contributed by atoms with Gasteiger partial charge in [0.25, 0.3) is 0 Å². The first kappa shape index (κ1) is 18.9. The number of carbonyl (C=O) groups is 2. The SMILES string of the molecule is COc1cc(C=O)ccc1O.NCCCCC(N)C(=O)O. The van der Waals surface area contributed by atoms with Crippen molar-refractivity contribution in [3.05, 3.63) is 23.8 Å². The molecule has 1 aromatic carbocycles. The summed E-state index contributed by atoms with van der Waals surface area (Å²) < 4.78 is 4.78. The van der Waals surface area contributed by atoms with E-state index >= 15 is 0 Å². The molecule has 1 aromatic rings. The highest BCUT2D eigenvalue weighted by Crippen LogP contribution is 2.25. The van der Waals surface area contributed by atoms with Crippen molar-refractivity contribution in [3.8, 4) is 11.5 Å². The highest BCUT2D eigenvalue weighted by molar-refractivity contribution is 5.76. The summed E-state index contributed by atoms with van der Waals surface area (Å²) in [6, 6.07) is 3.70. The number of phenols is 1. The molecule has 0 amide bonds. The van der Waals surface area contributed by atoms with Crippen LogP contribution in [-0.2, 0) is 4.79 Å². The largest absolute Gasteiger partial charge is 0.504 e. The zero-order chi connectivity index (χ0) is 16.3. The van der Waals surface area contributed by atoms with Crippen molar-refractivity contribution < 1.29 is 24.5 Å². The van der Waals surface area contributed by atoms with Gasteiger partial charge in [0.15, 0.2) is 11.5 Å². The second-order valence-electron chi connectivity index (χ2n) is 4.28.